The Balaban J connectivity index is 2.03. The highest BCUT2D eigenvalue weighted by atomic mass is 16.5. The highest BCUT2D eigenvalue weighted by molar-refractivity contribution is 5.67. The predicted octanol–water partition coefficient (Wildman–Crippen LogP) is -0.316. The smallest absolute Gasteiger partial charge is 0.407 e. The van der Waals surface area contributed by atoms with Gasteiger partial charge in [-0.2, -0.15) is 0 Å². The molecule has 0 saturated carbocycles. The van der Waals surface area contributed by atoms with Crippen LogP contribution in [0.2, 0.25) is 0 Å². The van der Waals surface area contributed by atoms with Crippen molar-refractivity contribution in [1.82, 2.24) is 16.0 Å². The predicted molar refractivity (Wildman–Crippen MR) is 54.3 cm³/mol. The lowest BCUT2D eigenvalue weighted by atomic mass is 10.2. The maximum Gasteiger partial charge on any atom is 0.407 e. The molecule has 1 amide bonds. The third kappa shape index (κ3) is 4.43. The molecule has 0 radical (unpaired) electrons. The Hall–Kier alpha value is -0.810. The molecule has 1 rings (SSSR count). The van der Waals surface area contributed by atoms with Crippen molar-refractivity contribution in [2.75, 3.05) is 32.8 Å². The summed E-state index contributed by atoms with van der Waals surface area (Å²) in [5.74, 6) is 0. The zero-order valence-corrected chi connectivity index (χ0v) is 8.64. The van der Waals surface area contributed by atoms with E-state index in [1.807, 2.05) is 6.92 Å². The van der Waals surface area contributed by atoms with Crippen LogP contribution in [0.4, 0.5) is 4.79 Å². The van der Waals surface area contributed by atoms with Crippen LogP contribution in [0.25, 0.3) is 0 Å². The van der Waals surface area contributed by atoms with Crippen LogP contribution in [0.3, 0.4) is 0 Å². The van der Waals surface area contributed by atoms with Crippen molar-refractivity contribution in [3.8, 4) is 0 Å². The average molecular weight is 201 g/mol. The van der Waals surface area contributed by atoms with Gasteiger partial charge in [0.2, 0.25) is 0 Å². The first kappa shape index (κ1) is 11.3. The maximum absolute atomic E-state index is 11.1. The topological polar surface area (TPSA) is 62.4 Å². The molecule has 14 heavy (non-hydrogen) atoms. The first-order valence-electron chi connectivity index (χ1n) is 5.17. The molecule has 1 unspecified atom stereocenters. The molecule has 0 bridgehead atoms. The van der Waals surface area contributed by atoms with E-state index in [0.29, 0.717) is 13.2 Å². The van der Waals surface area contributed by atoms with E-state index in [0.717, 1.165) is 26.1 Å². The van der Waals surface area contributed by atoms with E-state index in [1.54, 1.807) is 0 Å². The van der Waals surface area contributed by atoms with Gasteiger partial charge in [-0.3, -0.25) is 0 Å². The number of nitrogens with one attached hydrogen (secondary N) is 3. The molecule has 5 heteroatoms. The number of hydrogen-bond donors (Lipinski definition) is 3. The van der Waals surface area contributed by atoms with Gasteiger partial charge >= 0.3 is 6.09 Å². The number of alkyl carbamates (subject to hydrolysis) is 1. The molecular formula is C9H19N3O2. The summed E-state index contributed by atoms with van der Waals surface area (Å²) in [4.78, 5) is 11.1. The van der Waals surface area contributed by atoms with E-state index in [1.165, 1.54) is 0 Å². The Morgan fingerprint density at radius 2 is 2.43 bits per heavy atom. The van der Waals surface area contributed by atoms with Crippen molar-refractivity contribution < 1.29 is 9.53 Å². The third-order valence-electron chi connectivity index (χ3n) is 2.06. The monoisotopic (exact) mass is 201 g/mol. The van der Waals surface area contributed by atoms with E-state index >= 15 is 0 Å². The summed E-state index contributed by atoms with van der Waals surface area (Å²) in [5, 5.41) is 9.15. The zero-order valence-electron chi connectivity index (χ0n) is 8.64. The summed E-state index contributed by atoms with van der Waals surface area (Å²) in [6.45, 7) is 5.90. The second-order valence-corrected chi connectivity index (χ2v) is 3.38. The highest BCUT2D eigenvalue weighted by Crippen LogP contribution is 1.89. The SMILES string of the molecule is CCCNC(=O)OCC1CNCCN1. The van der Waals surface area contributed by atoms with Crippen LogP contribution in [0.1, 0.15) is 13.3 Å². The van der Waals surface area contributed by atoms with Crippen molar-refractivity contribution in [3.63, 3.8) is 0 Å². The van der Waals surface area contributed by atoms with Gasteiger partial charge in [0.05, 0.1) is 6.04 Å². The van der Waals surface area contributed by atoms with E-state index in [9.17, 15) is 4.79 Å². The second-order valence-electron chi connectivity index (χ2n) is 3.38. The van der Waals surface area contributed by atoms with Crippen LogP contribution in [-0.2, 0) is 4.74 Å². The Labute approximate surface area is 84.6 Å². The summed E-state index contributed by atoms with van der Waals surface area (Å²) in [5.41, 5.74) is 0. The molecule has 1 aliphatic heterocycles. The van der Waals surface area contributed by atoms with Crippen LogP contribution in [0, 0.1) is 0 Å². The fourth-order valence-electron chi connectivity index (χ4n) is 1.29. The maximum atomic E-state index is 11.1. The molecule has 3 N–H and O–H groups in total. The summed E-state index contributed by atoms with van der Waals surface area (Å²) in [6.07, 6.45) is 0.609. The Bertz CT molecular complexity index is 169. The van der Waals surface area contributed by atoms with Crippen molar-refractivity contribution in [2.24, 2.45) is 0 Å². The van der Waals surface area contributed by atoms with Gasteiger partial charge in [0.15, 0.2) is 0 Å². The zero-order chi connectivity index (χ0) is 10.2. The molecule has 82 valence electrons. The van der Waals surface area contributed by atoms with Crippen LogP contribution in [0.15, 0.2) is 0 Å². The number of ether oxygens (including phenoxy) is 1. The largest absolute Gasteiger partial charge is 0.448 e. The molecule has 0 aromatic rings. The molecule has 1 fully saturated rings. The van der Waals surface area contributed by atoms with Gasteiger partial charge in [-0.15, -0.1) is 0 Å². The minimum absolute atomic E-state index is 0.246. The minimum Gasteiger partial charge on any atom is -0.448 e. The van der Waals surface area contributed by atoms with Crippen LogP contribution in [0.5, 0.6) is 0 Å². The van der Waals surface area contributed by atoms with Gasteiger partial charge < -0.3 is 20.7 Å². The van der Waals surface area contributed by atoms with E-state index in [4.69, 9.17) is 4.74 Å². The van der Waals surface area contributed by atoms with Crippen LogP contribution < -0.4 is 16.0 Å². The Morgan fingerprint density at radius 1 is 1.57 bits per heavy atom. The van der Waals surface area contributed by atoms with Crippen molar-refractivity contribution >= 4 is 6.09 Å². The lowest BCUT2D eigenvalue weighted by Crippen LogP contribution is -2.51. The summed E-state index contributed by atoms with van der Waals surface area (Å²) in [7, 11) is 0. The number of rotatable bonds is 4. The summed E-state index contributed by atoms with van der Waals surface area (Å²) >= 11 is 0. The molecule has 1 saturated heterocycles. The van der Waals surface area contributed by atoms with Gasteiger partial charge in [0, 0.05) is 26.2 Å². The highest BCUT2D eigenvalue weighted by Gasteiger charge is 2.13. The number of hydrogen-bond acceptors (Lipinski definition) is 4. The molecule has 1 aliphatic rings. The lowest BCUT2D eigenvalue weighted by molar-refractivity contribution is 0.130. The van der Waals surface area contributed by atoms with Gasteiger partial charge in [0.1, 0.15) is 6.61 Å². The molecule has 0 aliphatic carbocycles. The number of piperazine rings is 1. The molecule has 5 nitrogen and oxygen atoms in total. The summed E-state index contributed by atoms with van der Waals surface area (Å²) < 4.78 is 5.03. The molecule has 0 aromatic carbocycles. The minimum atomic E-state index is -0.320. The molecule has 1 heterocycles. The first-order valence-corrected chi connectivity index (χ1v) is 5.17. The van der Waals surface area contributed by atoms with Crippen LogP contribution >= 0.6 is 0 Å². The third-order valence-corrected chi connectivity index (χ3v) is 2.06. The molecule has 0 spiro atoms. The second kappa shape index (κ2) is 6.62. The molecular weight excluding hydrogens is 182 g/mol. The van der Waals surface area contributed by atoms with Gasteiger partial charge in [-0.1, -0.05) is 6.92 Å². The van der Waals surface area contributed by atoms with Crippen molar-refractivity contribution in [1.29, 1.82) is 0 Å². The quantitative estimate of drug-likeness (QED) is 0.583. The Kier molecular flexibility index (Phi) is 5.32. The lowest BCUT2D eigenvalue weighted by Gasteiger charge is -2.23. The van der Waals surface area contributed by atoms with E-state index in [-0.39, 0.29) is 12.1 Å². The number of amides is 1. The van der Waals surface area contributed by atoms with Gasteiger partial charge in [-0.25, -0.2) is 4.79 Å². The molecule has 1 atom stereocenters. The number of carbonyl (C=O) groups is 1. The van der Waals surface area contributed by atoms with Crippen molar-refractivity contribution in [3.05, 3.63) is 0 Å². The van der Waals surface area contributed by atoms with Crippen LogP contribution in [-0.4, -0.2) is 44.9 Å². The Morgan fingerprint density at radius 3 is 3.07 bits per heavy atom. The van der Waals surface area contributed by atoms with E-state index < -0.39 is 0 Å². The fraction of sp³-hybridized carbons (Fsp3) is 0.889. The van der Waals surface area contributed by atoms with Crippen molar-refractivity contribution in [2.45, 2.75) is 19.4 Å². The molecule has 0 aromatic heterocycles. The average Bonchev–Trinajstić information content (AvgIpc) is 2.25. The first-order chi connectivity index (χ1) is 6.83. The normalized spacial score (nSPS) is 21.6. The fourth-order valence-corrected chi connectivity index (χ4v) is 1.29. The summed E-state index contributed by atoms with van der Waals surface area (Å²) in [6, 6.07) is 0.246. The number of carbonyl (C=O) groups excluding carboxylic acids is 1. The van der Waals surface area contributed by atoms with Gasteiger partial charge in [-0.05, 0) is 6.42 Å². The van der Waals surface area contributed by atoms with E-state index in [2.05, 4.69) is 16.0 Å². The standard InChI is InChI=1S/C9H19N3O2/c1-2-3-12-9(13)14-7-8-6-10-4-5-11-8/h8,10-11H,2-7H2,1H3,(H,12,13). The van der Waals surface area contributed by atoms with Gasteiger partial charge in [0.25, 0.3) is 0 Å².